The third-order valence-corrected chi connectivity index (χ3v) is 3.49. The molecule has 17 heavy (non-hydrogen) atoms. The molecule has 0 bridgehead atoms. The molecule has 0 spiro atoms. The van der Waals surface area contributed by atoms with E-state index in [1.807, 2.05) is 7.05 Å². The van der Waals surface area contributed by atoms with Gasteiger partial charge in [0.15, 0.2) is 0 Å². The molecule has 1 atom stereocenters. The highest BCUT2D eigenvalue weighted by Crippen LogP contribution is 2.25. The van der Waals surface area contributed by atoms with E-state index in [2.05, 4.69) is 37.1 Å². The van der Waals surface area contributed by atoms with E-state index in [0.717, 1.165) is 36.6 Å². The van der Waals surface area contributed by atoms with Gasteiger partial charge >= 0.3 is 0 Å². The van der Waals surface area contributed by atoms with E-state index in [1.54, 1.807) is 0 Å². The van der Waals surface area contributed by atoms with Crippen LogP contribution in [0.25, 0.3) is 0 Å². The summed E-state index contributed by atoms with van der Waals surface area (Å²) in [4.78, 5) is 3.31. The average Bonchev–Trinajstić information content (AvgIpc) is 2.72. The van der Waals surface area contributed by atoms with Crippen LogP contribution in [0.5, 0.6) is 0 Å². The van der Waals surface area contributed by atoms with Crippen molar-refractivity contribution in [1.82, 2.24) is 4.98 Å². The van der Waals surface area contributed by atoms with Gasteiger partial charge in [0.1, 0.15) is 11.9 Å². The number of nitrogens with zero attached hydrogens (tertiary/aromatic N) is 1. The molecule has 94 valence electrons. The van der Waals surface area contributed by atoms with Crippen LogP contribution in [0, 0.1) is 17.2 Å². The molecule has 0 aromatic carbocycles. The quantitative estimate of drug-likeness (QED) is 0.790. The fourth-order valence-electron chi connectivity index (χ4n) is 2.07. The Hall–Kier alpha value is -1.43. The average molecular weight is 233 g/mol. The Morgan fingerprint density at radius 2 is 2.12 bits per heavy atom. The summed E-state index contributed by atoms with van der Waals surface area (Å²) < 4.78 is 0. The Bertz CT molecular complexity index is 398. The zero-order valence-electron chi connectivity index (χ0n) is 11.4. The van der Waals surface area contributed by atoms with E-state index >= 15 is 0 Å². The number of aryl methyl sites for hydroxylation is 1. The lowest BCUT2D eigenvalue weighted by molar-refractivity contribution is 0.515. The van der Waals surface area contributed by atoms with Gasteiger partial charge in [-0.1, -0.05) is 27.2 Å². The van der Waals surface area contributed by atoms with Crippen molar-refractivity contribution in [2.24, 2.45) is 5.92 Å². The van der Waals surface area contributed by atoms with Gasteiger partial charge in [-0.25, -0.2) is 0 Å². The van der Waals surface area contributed by atoms with Crippen LogP contribution in [0.3, 0.4) is 0 Å². The number of anilines is 1. The van der Waals surface area contributed by atoms with Crippen LogP contribution < -0.4 is 5.32 Å². The molecule has 0 aliphatic carbocycles. The maximum Gasteiger partial charge on any atom is 0.121 e. The largest absolute Gasteiger partial charge is 0.374 e. The Labute approximate surface area is 104 Å². The maximum atomic E-state index is 9.25. The lowest BCUT2D eigenvalue weighted by Gasteiger charge is -2.08. The summed E-state index contributed by atoms with van der Waals surface area (Å²) in [6.45, 7) is 6.61. The fourth-order valence-corrected chi connectivity index (χ4v) is 2.07. The summed E-state index contributed by atoms with van der Waals surface area (Å²) in [6, 6.07) is 2.32. The molecule has 2 N–H and O–H groups in total. The standard InChI is InChI=1S/C14H23N3/c1-5-10(3)7-8-11-12(9-15)14(16-4)17-13(11)6-2/h10,16-17H,5-8H2,1-4H3. The molecule has 1 rings (SSSR count). The monoisotopic (exact) mass is 233 g/mol. The normalized spacial score (nSPS) is 12.2. The van der Waals surface area contributed by atoms with E-state index < -0.39 is 0 Å². The topological polar surface area (TPSA) is 51.6 Å². The highest BCUT2D eigenvalue weighted by atomic mass is 15.0. The highest BCUT2D eigenvalue weighted by molar-refractivity contribution is 5.59. The van der Waals surface area contributed by atoms with Crippen LogP contribution >= 0.6 is 0 Å². The number of hydrogen-bond donors (Lipinski definition) is 2. The summed E-state index contributed by atoms with van der Waals surface area (Å²) >= 11 is 0. The van der Waals surface area contributed by atoms with Crippen molar-refractivity contribution >= 4 is 5.82 Å². The number of aromatic nitrogens is 1. The van der Waals surface area contributed by atoms with Gasteiger partial charge < -0.3 is 10.3 Å². The smallest absolute Gasteiger partial charge is 0.121 e. The Morgan fingerprint density at radius 1 is 1.41 bits per heavy atom. The van der Waals surface area contributed by atoms with Crippen molar-refractivity contribution in [3.05, 3.63) is 16.8 Å². The van der Waals surface area contributed by atoms with Gasteiger partial charge in [-0.2, -0.15) is 5.26 Å². The zero-order valence-corrected chi connectivity index (χ0v) is 11.4. The van der Waals surface area contributed by atoms with Crippen molar-refractivity contribution in [3.8, 4) is 6.07 Å². The second-order valence-electron chi connectivity index (χ2n) is 4.60. The predicted octanol–water partition coefficient (Wildman–Crippen LogP) is 3.47. The third kappa shape index (κ3) is 3.03. The van der Waals surface area contributed by atoms with Gasteiger partial charge in [-0.3, -0.25) is 0 Å². The van der Waals surface area contributed by atoms with Crippen LogP contribution in [0.15, 0.2) is 0 Å². The Morgan fingerprint density at radius 3 is 2.59 bits per heavy atom. The SMILES string of the molecule is CCc1[nH]c(NC)c(C#N)c1CCC(C)CC. The second kappa shape index (κ2) is 6.34. The number of nitriles is 1. The van der Waals surface area contributed by atoms with Crippen LogP contribution in [0.4, 0.5) is 5.82 Å². The summed E-state index contributed by atoms with van der Waals surface area (Å²) in [6.07, 6.45) is 4.30. The van der Waals surface area contributed by atoms with Gasteiger partial charge in [0, 0.05) is 12.7 Å². The number of nitrogens with one attached hydrogen (secondary N) is 2. The molecule has 0 fully saturated rings. The molecule has 1 aromatic rings. The first kappa shape index (κ1) is 13.6. The molecule has 0 saturated carbocycles. The second-order valence-corrected chi connectivity index (χ2v) is 4.60. The minimum atomic E-state index is 0.721. The van der Waals surface area contributed by atoms with Gasteiger partial charge in [0.05, 0.1) is 5.56 Å². The summed E-state index contributed by atoms with van der Waals surface area (Å²) in [5.41, 5.74) is 3.21. The molecule has 0 aliphatic rings. The molecule has 3 heteroatoms. The highest BCUT2D eigenvalue weighted by Gasteiger charge is 2.15. The number of hydrogen-bond acceptors (Lipinski definition) is 2. The molecule has 0 amide bonds. The van der Waals surface area contributed by atoms with E-state index in [0.29, 0.717) is 0 Å². The van der Waals surface area contributed by atoms with Crippen LogP contribution in [-0.4, -0.2) is 12.0 Å². The van der Waals surface area contributed by atoms with Crippen LogP contribution in [-0.2, 0) is 12.8 Å². The summed E-state index contributed by atoms with van der Waals surface area (Å²) in [5.74, 6) is 1.59. The van der Waals surface area contributed by atoms with Crippen molar-refractivity contribution in [1.29, 1.82) is 5.26 Å². The first-order chi connectivity index (χ1) is 8.17. The molecule has 1 aromatic heterocycles. The Balaban J connectivity index is 2.95. The van der Waals surface area contributed by atoms with Crippen molar-refractivity contribution < 1.29 is 0 Å². The maximum absolute atomic E-state index is 9.25. The van der Waals surface area contributed by atoms with Crippen LogP contribution in [0.2, 0.25) is 0 Å². The Kier molecular flexibility index (Phi) is 5.09. The predicted molar refractivity (Wildman–Crippen MR) is 72.2 cm³/mol. The molecular formula is C14H23N3. The van der Waals surface area contributed by atoms with E-state index in [1.165, 1.54) is 17.7 Å². The minimum Gasteiger partial charge on any atom is -0.374 e. The van der Waals surface area contributed by atoms with Gasteiger partial charge in [-0.15, -0.1) is 0 Å². The molecule has 0 radical (unpaired) electrons. The number of rotatable bonds is 6. The first-order valence-corrected chi connectivity index (χ1v) is 6.49. The fraction of sp³-hybridized carbons (Fsp3) is 0.643. The van der Waals surface area contributed by atoms with E-state index in [9.17, 15) is 5.26 Å². The molecule has 0 aliphatic heterocycles. The van der Waals surface area contributed by atoms with Crippen molar-refractivity contribution in [2.45, 2.75) is 46.5 Å². The van der Waals surface area contributed by atoms with Gasteiger partial charge in [-0.05, 0) is 30.7 Å². The summed E-state index contributed by atoms with van der Waals surface area (Å²) in [5, 5.41) is 12.3. The van der Waals surface area contributed by atoms with Crippen LogP contribution in [0.1, 0.15) is 50.4 Å². The molecule has 1 unspecified atom stereocenters. The van der Waals surface area contributed by atoms with Crippen molar-refractivity contribution in [2.75, 3.05) is 12.4 Å². The molecule has 1 heterocycles. The van der Waals surface area contributed by atoms with Gasteiger partial charge in [0.25, 0.3) is 0 Å². The van der Waals surface area contributed by atoms with E-state index in [4.69, 9.17) is 0 Å². The summed E-state index contributed by atoms with van der Waals surface area (Å²) in [7, 11) is 1.85. The van der Waals surface area contributed by atoms with E-state index in [-0.39, 0.29) is 0 Å². The van der Waals surface area contributed by atoms with Gasteiger partial charge in [0.2, 0.25) is 0 Å². The lowest BCUT2D eigenvalue weighted by Crippen LogP contribution is -1.99. The third-order valence-electron chi connectivity index (χ3n) is 3.49. The minimum absolute atomic E-state index is 0.721. The number of aromatic amines is 1. The molecule has 3 nitrogen and oxygen atoms in total. The number of H-pyrrole nitrogens is 1. The lowest BCUT2D eigenvalue weighted by atomic mass is 9.96. The zero-order chi connectivity index (χ0) is 12.8. The molecular weight excluding hydrogens is 210 g/mol. The molecule has 0 saturated heterocycles. The van der Waals surface area contributed by atoms with Crippen molar-refractivity contribution in [3.63, 3.8) is 0 Å². The first-order valence-electron chi connectivity index (χ1n) is 6.49.